The van der Waals surface area contributed by atoms with Gasteiger partial charge in [0.05, 0.1) is 14.2 Å². The largest absolute Gasteiger partial charge is 0.497 e. The number of rotatable bonds is 9. The van der Waals surface area contributed by atoms with E-state index in [-0.39, 0.29) is 11.7 Å². The molecule has 0 unspecified atom stereocenters. The molecule has 1 aromatic heterocycles. The highest BCUT2D eigenvalue weighted by Gasteiger charge is 2.09. The number of nitrogens with one attached hydrogen (secondary N) is 1. The van der Waals surface area contributed by atoms with Crippen LogP contribution in [0.1, 0.15) is 17.5 Å². The maximum Gasteiger partial charge on any atom is 0.220 e. The topological polar surface area (TPSA) is 69.7 Å². The molecule has 0 saturated carbocycles. The number of aryl methyl sites for hydroxylation is 1. The van der Waals surface area contributed by atoms with Gasteiger partial charge in [-0.3, -0.25) is 4.79 Å². The Morgan fingerprint density at radius 2 is 1.90 bits per heavy atom. The normalized spacial score (nSPS) is 10.4. The van der Waals surface area contributed by atoms with E-state index in [0.29, 0.717) is 31.0 Å². The second-order valence-electron chi connectivity index (χ2n) is 6.52. The molecule has 0 atom stereocenters. The smallest absolute Gasteiger partial charge is 0.220 e. The van der Waals surface area contributed by atoms with E-state index in [1.807, 2.05) is 18.2 Å². The molecule has 6 nitrogen and oxygen atoms in total. The van der Waals surface area contributed by atoms with Gasteiger partial charge < -0.3 is 19.5 Å². The minimum Gasteiger partial charge on any atom is -0.497 e. The zero-order valence-electron chi connectivity index (χ0n) is 16.9. The van der Waals surface area contributed by atoms with Crippen molar-refractivity contribution in [1.29, 1.82) is 0 Å². The van der Waals surface area contributed by atoms with E-state index in [1.165, 1.54) is 12.1 Å². The van der Waals surface area contributed by atoms with Crippen molar-refractivity contribution in [3.8, 4) is 23.1 Å². The number of benzene rings is 2. The van der Waals surface area contributed by atoms with Gasteiger partial charge in [-0.2, -0.15) is 0 Å². The molecule has 7 heteroatoms. The van der Waals surface area contributed by atoms with Gasteiger partial charge in [-0.15, -0.1) is 0 Å². The van der Waals surface area contributed by atoms with Gasteiger partial charge in [-0.25, -0.2) is 9.37 Å². The number of carbonyl (C=O) groups excluding carboxylic acids is 1. The molecule has 0 saturated heterocycles. The van der Waals surface area contributed by atoms with E-state index < -0.39 is 0 Å². The quantitative estimate of drug-likeness (QED) is 0.570. The van der Waals surface area contributed by atoms with Crippen LogP contribution in [0.25, 0.3) is 0 Å². The van der Waals surface area contributed by atoms with E-state index in [4.69, 9.17) is 14.2 Å². The van der Waals surface area contributed by atoms with Crippen LogP contribution in [0.15, 0.2) is 60.8 Å². The Kier molecular flexibility index (Phi) is 7.21. The van der Waals surface area contributed by atoms with Crippen LogP contribution >= 0.6 is 0 Å². The van der Waals surface area contributed by atoms with Crippen molar-refractivity contribution in [3.63, 3.8) is 0 Å². The maximum absolute atomic E-state index is 13.2. The van der Waals surface area contributed by atoms with E-state index in [0.717, 1.165) is 22.6 Å². The molecule has 0 fully saturated rings. The molecule has 1 amide bonds. The number of aromatic nitrogens is 1. The van der Waals surface area contributed by atoms with Crippen LogP contribution in [0.4, 0.5) is 4.39 Å². The van der Waals surface area contributed by atoms with Gasteiger partial charge in [0.15, 0.2) is 0 Å². The van der Waals surface area contributed by atoms with Crippen molar-refractivity contribution in [1.82, 2.24) is 10.3 Å². The first-order valence-electron chi connectivity index (χ1n) is 9.43. The molecular weight excluding hydrogens is 387 g/mol. The fraction of sp³-hybridized carbons (Fsp3) is 0.217. The highest BCUT2D eigenvalue weighted by Crippen LogP contribution is 2.25. The van der Waals surface area contributed by atoms with Gasteiger partial charge >= 0.3 is 0 Å². The Labute approximate surface area is 174 Å². The fourth-order valence-electron chi connectivity index (χ4n) is 2.84. The molecule has 3 rings (SSSR count). The zero-order valence-corrected chi connectivity index (χ0v) is 16.9. The molecule has 156 valence electrons. The number of hydrogen-bond acceptors (Lipinski definition) is 5. The summed E-state index contributed by atoms with van der Waals surface area (Å²) < 4.78 is 29.3. The molecule has 0 aliphatic heterocycles. The van der Waals surface area contributed by atoms with Crippen molar-refractivity contribution in [3.05, 3.63) is 77.7 Å². The van der Waals surface area contributed by atoms with E-state index in [2.05, 4.69) is 10.3 Å². The Bertz CT molecular complexity index is 993. The predicted octanol–water partition coefficient (Wildman–Crippen LogP) is 4.28. The standard InChI is InChI=1S/C23H23FN2O4/c1-28-19-8-9-21(29-2)17(12-19)7-10-22(27)25-14-16-6-11-23(26-15-16)30-20-5-3-4-18(24)13-20/h3-6,8-9,11-13,15H,7,10,14H2,1-2H3,(H,25,27). The van der Waals surface area contributed by atoms with Crippen molar-refractivity contribution in [2.24, 2.45) is 0 Å². The molecule has 1 heterocycles. The van der Waals surface area contributed by atoms with Gasteiger partial charge in [-0.1, -0.05) is 12.1 Å². The summed E-state index contributed by atoms with van der Waals surface area (Å²) in [6.45, 7) is 0.349. The van der Waals surface area contributed by atoms with Gasteiger partial charge in [0.2, 0.25) is 11.8 Å². The molecular formula is C23H23FN2O4. The van der Waals surface area contributed by atoms with Crippen molar-refractivity contribution >= 4 is 5.91 Å². The van der Waals surface area contributed by atoms with Crippen molar-refractivity contribution in [2.75, 3.05) is 14.2 Å². The molecule has 0 spiro atoms. The lowest BCUT2D eigenvalue weighted by Crippen LogP contribution is -2.23. The Balaban J connectivity index is 1.49. The van der Waals surface area contributed by atoms with Gasteiger partial charge in [0.25, 0.3) is 0 Å². The first-order chi connectivity index (χ1) is 14.6. The third kappa shape index (κ3) is 5.94. The third-order valence-corrected chi connectivity index (χ3v) is 4.41. The van der Waals surface area contributed by atoms with Crippen molar-refractivity contribution < 1.29 is 23.4 Å². The highest BCUT2D eigenvalue weighted by atomic mass is 19.1. The van der Waals surface area contributed by atoms with E-state index in [1.54, 1.807) is 44.7 Å². The Morgan fingerprint density at radius 1 is 1.03 bits per heavy atom. The maximum atomic E-state index is 13.2. The van der Waals surface area contributed by atoms with Crippen LogP contribution < -0.4 is 19.5 Å². The molecule has 0 aliphatic rings. The summed E-state index contributed by atoms with van der Waals surface area (Å²) >= 11 is 0. The van der Waals surface area contributed by atoms with Crippen molar-refractivity contribution in [2.45, 2.75) is 19.4 Å². The number of halogens is 1. The first-order valence-corrected chi connectivity index (χ1v) is 9.43. The van der Waals surface area contributed by atoms with Gasteiger partial charge in [0, 0.05) is 31.3 Å². The van der Waals surface area contributed by atoms with Crippen LogP contribution in [-0.2, 0) is 17.8 Å². The predicted molar refractivity (Wildman–Crippen MR) is 110 cm³/mol. The summed E-state index contributed by atoms with van der Waals surface area (Å²) in [7, 11) is 3.20. The molecule has 0 radical (unpaired) electrons. The third-order valence-electron chi connectivity index (χ3n) is 4.41. The number of methoxy groups -OCH3 is 2. The number of carbonyl (C=O) groups is 1. The van der Waals surface area contributed by atoms with E-state index >= 15 is 0 Å². The summed E-state index contributed by atoms with van der Waals surface area (Å²) in [5, 5.41) is 2.87. The second kappa shape index (κ2) is 10.2. The highest BCUT2D eigenvalue weighted by molar-refractivity contribution is 5.76. The number of nitrogens with zero attached hydrogens (tertiary/aromatic N) is 1. The average molecular weight is 410 g/mol. The molecule has 1 N–H and O–H groups in total. The number of ether oxygens (including phenoxy) is 3. The number of pyridine rings is 1. The molecule has 0 aliphatic carbocycles. The van der Waals surface area contributed by atoms with Crippen LogP contribution in [0.5, 0.6) is 23.1 Å². The van der Waals surface area contributed by atoms with Crippen LogP contribution in [0, 0.1) is 5.82 Å². The van der Waals surface area contributed by atoms with Crippen LogP contribution in [-0.4, -0.2) is 25.1 Å². The SMILES string of the molecule is COc1ccc(OC)c(CCC(=O)NCc2ccc(Oc3cccc(F)c3)nc2)c1. The molecule has 30 heavy (non-hydrogen) atoms. The fourth-order valence-corrected chi connectivity index (χ4v) is 2.84. The summed E-state index contributed by atoms with van der Waals surface area (Å²) in [6, 6.07) is 14.8. The Morgan fingerprint density at radius 3 is 2.60 bits per heavy atom. The van der Waals surface area contributed by atoms with Crippen LogP contribution in [0.2, 0.25) is 0 Å². The van der Waals surface area contributed by atoms with Gasteiger partial charge in [0.1, 0.15) is 23.1 Å². The minimum absolute atomic E-state index is 0.0834. The molecule has 2 aromatic carbocycles. The molecule has 0 bridgehead atoms. The monoisotopic (exact) mass is 410 g/mol. The molecule has 3 aromatic rings. The lowest BCUT2D eigenvalue weighted by Gasteiger charge is -2.11. The van der Waals surface area contributed by atoms with Gasteiger partial charge in [-0.05, 0) is 47.9 Å². The minimum atomic E-state index is -0.376. The summed E-state index contributed by atoms with van der Waals surface area (Å²) in [4.78, 5) is 16.4. The first kappa shape index (κ1) is 21.1. The lowest BCUT2D eigenvalue weighted by molar-refractivity contribution is -0.121. The lowest BCUT2D eigenvalue weighted by atomic mass is 10.1. The number of amides is 1. The van der Waals surface area contributed by atoms with Crippen LogP contribution in [0.3, 0.4) is 0 Å². The summed E-state index contributed by atoms with van der Waals surface area (Å²) in [5.41, 5.74) is 1.74. The number of hydrogen-bond donors (Lipinski definition) is 1. The van der Waals surface area contributed by atoms with E-state index in [9.17, 15) is 9.18 Å². The second-order valence-corrected chi connectivity index (χ2v) is 6.52. The summed E-state index contributed by atoms with van der Waals surface area (Å²) in [6.07, 6.45) is 2.46. The Hall–Kier alpha value is -3.61. The summed E-state index contributed by atoms with van der Waals surface area (Å²) in [5.74, 6) is 1.70. The zero-order chi connectivity index (χ0) is 21.3. The average Bonchev–Trinajstić information content (AvgIpc) is 2.77.